The molecule has 248 valence electrons. The van der Waals surface area contributed by atoms with Crippen molar-refractivity contribution in [2.45, 2.75) is 37.3 Å². The lowest BCUT2D eigenvalue weighted by atomic mass is 9.96. The van der Waals surface area contributed by atoms with Crippen LogP contribution in [-0.2, 0) is 28.3 Å². The summed E-state index contributed by atoms with van der Waals surface area (Å²) < 4.78 is 36.3. The van der Waals surface area contributed by atoms with Crippen molar-refractivity contribution in [3.05, 3.63) is 124 Å². The summed E-state index contributed by atoms with van der Waals surface area (Å²) in [5, 5.41) is 16.9. The molecule has 0 aliphatic heterocycles. The standard InChI is InChI=1S/C35H32Cl2N4O6S/c1-21-33(34(37)41(3)39-21)48(45,46)40-29-18-17-25(36)20-28(29)35(44)38-30(32(43)22(2)42)19-23-13-15-24(16-14-23)27-11-7-8-12-31(27)47-26-9-5-4-6-10-26/h4-18,20,22,30,40,42H,19H2,1-3H3,(H,38,44)/t22?,30-/m0/s1. The van der Waals surface area contributed by atoms with Gasteiger partial charge in [0.15, 0.2) is 5.78 Å². The molecule has 1 aromatic heterocycles. The number of ether oxygens (including phenoxy) is 1. The Hall–Kier alpha value is -4.68. The molecule has 0 aliphatic rings. The van der Waals surface area contributed by atoms with Crippen LogP contribution in [0, 0.1) is 6.92 Å². The molecule has 48 heavy (non-hydrogen) atoms. The number of nitrogens with one attached hydrogen (secondary N) is 2. The molecule has 0 spiro atoms. The van der Waals surface area contributed by atoms with Crippen LogP contribution in [0.1, 0.15) is 28.5 Å². The molecular weight excluding hydrogens is 675 g/mol. The van der Waals surface area contributed by atoms with E-state index < -0.39 is 33.9 Å². The molecule has 1 heterocycles. The Morgan fingerprint density at radius 2 is 1.62 bits per heavy atom. The summed E-state index contributed by atoms with van der Waals surface area (Å²) in [6, 6.07) is 27.3. The minimum Gasteiger partial charge on any atom is -0.457 e. The van der Waals surface area contributed by atoms with E-state index in [1.165, 1.54) is 43.8 Å². The number of aromatic nitrogens is 2. The number of ketones is 1. The van der Waals surface area contributed by atoms with Crippen molar-refractivity contribution in [1.29, 1.82) is 0 Å². The molecule has 0 aliphatic carbocycles. The van der Waals surface area contributed by atoms with Crippen molar-refractivity contribution in [2.24, 2.45) is 7.05 Å². The number of hydrogen-bond acceptors (Lipinski definition) is 7. The van der Waals surface area contributed by atoms with Crippen molar-refractivity contribution in [3.63, 3.8) is 0 Å². The van der Waals surface area contributed by atoms with Crippen LogP contribution in [0.2, 0.25) is 10.2 Å². The molecule has 1 amide bonds. The van der Waals surface area contributed by atoms with Crippen molar-refractivity contribution in [2.75, 3.05) is 4.72 Å². The summed E-state index contributed by atoms with van der Waals surface area (Å²) in [4.78, 5) is 26.5. The molecule has 4 aromatic carbocycles. The van der Waals surface area contributed by atoms with Gasteiger partial charge in [0.1, 0.15) is 27.7 Å². The van der Waals surface area contributed by atoms with Gasteiger partial charge in [0.2, 0.25) is 0 Å². The number of aliphatic hydroxyl groups excluding tert-OH is 1. The van der Waals surface area contributed by atoms with Gasteiger partial charge in [-0.15, -0.1) is 0 Å². The number of carbonyl (C=O) groups excluding carboxylic acids is 2. The van der Waals surface area contributed by atoms with Gasteiger partial charge in [0.05, 0.1) is 23.0 Å². The highest BCUT2D eigenvalue weighted by Gasteiger charge is 2.29. The zero-order valence-corrected chi connectivity index (χ0v) is 28.5. The molecule has 1 unspecified atom stereocenters. The quantitative estimate of drug-likeness (QED) is 0.133. The summed E-state index contributed by atoms with van der Waals surface area (Å²) in [6.45, 7) is 2.80. The first-order valence-electron chi connectivity index (χ1n) is 14.8. The highest BCUT2D eigenvalue weighted by Crippen LogP contribution is 2.34. The largest absolute Gasteiger partial charge is 0.457 e. The smallest absolute Gasteiger partial charge is 0.266 e. The average molecular weight is 708 g/mol. The molecule has 3 N–H and O–H groups in total. The Kier molecular flexibility index (Phi) is 10.5. The van der Waals surface area contributed by atoms with Gasteiger partial charge in [-0.1, -0.05) is 83.9 Å². The zero-order valence-electron chi connectivity index (χ0n) is 26.1. The number of aryl methyl sites for hydroxylation is 2. The van der Waals surface area contributed by atoms with Crippen LogP contribution in [0.25, 0.3) is 11.1 Å². The number of rotatable bonds is 12. The van der Waals surface area contributed by atoms with Gasteiger partial charge in [-0.3, -0.25) is 19.0 Å². The van der Waals surface area contributed by atoms with E-state index in [9.17, 15) is 23.1 Å². The van der Waals surface area contributed by atoms with Crippen LogP contribution in [-0.4, -0.2) is 47.1 Å². The number of carbonyl (C=O) groups is 2. The van der Waals surface area contributed by atoms with Crippen LogP contribution in [0.4, 0.5) is 5.69 Å². The number of para-hydroxylation sites is 2. The van der Waals surface area contributed by atoms with Crippen molar-refractivity contribution < 1.29 is 27.9 Å². The fourth-order valence-electron chi connectivity index (χ4n) is 5.12. The summed E-state index contributed by atoms with van der Waals surface area (Å²) in [6.07, 6.45) is -1.34. The number of anilines is 1. The lowest BCUT2D eigenvalue weighted by Gasteiger charge is -2.21. The topological polar surface area (TPSA) is 140 Å². The summed E-state index contributed by atoms with van der Waals surface area (Å²) >= 11 is 12.4. The number of aliphatic hydroxyl groups is 1. The van der Waals surface area contributed by atoms with Gasteiger partial charge in [0, 0.05) is 17.6 Å². The predicted molar refractivity (Wildman–Crippen MR) is 185 cm³/mol. The van der Waals surface area contributed by atoms with Gasteiger partial charge in [-0.25, -0.2) is 8.42 Å². The Morgan fingerprint density at radius 3 is 2.27 bits per heavy atom. The van der Waals surface area contributed by atoms with E-state index in [0.29, 0.717) is 17.1 Å². The molecule has 2 atom stereocenters. The fourth-order valence-corrected chi connectivity index (χ4v) is 7.13. The third-order valence-corrected chi connectivity index (χ3v) is 9.76. The van der Waals surface area contributed by atoms with E-state index in [1.807, 2.05) is 78.9 Å². The summed E-state index contributed by atoms with van der Waals surface area (Å²) in [5.74, 6) is -0.0500. The Balaban J connectivity index is 1.38. The molecule has 0 fully saturated rings. The number of nitrogens with zero attached hydrogens (tertiary/aromatic N) is 2. The third-order valence-electron chi connectivity index (χ3n) is 7.46. The molecule has 0 bridgehead atoms. The van der Waals surface area contributed by atoms with Gasteiger partial charge in [-0.05, 0) is 67.8 Å². The average Bonchev–Trinajstić information content (AvgIpc) is 3.32. The number of halogens is 2. The molecule has 0 saturated heterocycles. The molecular formula is C35H32Cl2N4O6S. The number of sulfonamides is 1. The van der Waals surface area contributed by atoms with E-state index in [4.69, 9.17) is 27.9 Å². The van der Waals surface area contributed by atoms with Crippen LogP contribution < -0.4 is 14.8 Å². The van der Waals surface area contributed by atoms with Gasteiger partial charge in [-0.2, -0.15) is 5.10 Å². The SMILES string of the molecule is Cc1nn(C)c(Cl)c1S(=O)(=O)Nc1ccc(Cl)cc1C(=O)N[C@@H](Cc1ccc(-c2ccccc2Oc2ccccc2)cc1)C(=O)C(C)O. The van der Waals surface area contributed by atoms with Crippen LogP contribution >= 0.6 is 23.2 Å². The number of Topliss-reactive ketones (excluding diaryl/α,β-unsaturated/α-hetero) is 1. The minimum absolute atomic E-state index is 0.0457. The minimum atomic E-state index is -4.28. The Labute approximate surface area is 288 Å². The summed E-state index contributed by atoms with van der Waals surface area (Å²) in [7, 11) is -2.78. The normalized spacial score (nSPS) is 12.6. The predicted octanol–water partition coefficient (Wildman–Crippen LogP) is 6.59. The van der Waals surface area contributed by atoms with Crippen LogP contribution in [0.15, 0.2) is 102 Å². The van der Waals surface area contributed by atoms with Crippen molar-refractivity contribution in [3.8, 4) is 22.6 Å². The molecule has 0 saturated carbocycles. The fraction of sp³-hybridized carbons (Fsp3) is 0.171. The van der Waals surface area contributed by atoms with E-state index in [1.54, 1.807) is 0 Å². The Bertz CT molecular complexity index is 2070. The monoisotopic (exact) mass is 706 g/mol. The van der Waals surface area contributed by atoms with Gasteiger partial charge in [0.25, 0.3) is 15.9 Å². The summed E-state index contributed by atoms with van der Waals surface area (Å²) in [5.41, 5.74) is 2.35. The Morgan fingerprint density at radius 1 is 0.958 bits per heavy atom. The molecule has 5 rings (SSSR count). The molecule has 5 aromatic rings. The molecule has 13 heteroatoms. The van der Waals surface area contributed by atoms with E-state index in [2.05, 4.69) is 15.1 Å². The van der Waals surface area contributed by atoms with Crippen LogP contribution in [0.5, 0.6) is 11.5 Å². The first-order valence-corrected chi connectivity index (χ1v) is 17.0. The van der Waals surface area contributed by atoms with Crippen molar-refractivity contribution in [1.82, 2.24) is 15.1 Å². The maximum atomic E-state index is 13.6. The van der Waals surface area contributed by atoms with Gasteiger partial charge >= 0.3 is 0 Å². The maximum absolute atomic E-state index is 13.6. The van der Waals surface area contributed by atoms with Gasteiger partial charge < -0.3 is 15.2 Å². The first-order chi connectivity index (χ1) is 22.8. The van der Waals surface area contributed by atoms with E-state index >= 15 is 0 Å². The second-order valence-corrected chi connectivity index (χ2v) is 13.5. The lowest BCUT2D eigenvalue weighted by Crippen LogP contribution is -2.46. The van der Waals surface area contributed by atoms with E-state index in [-0.39, 0.29) is 38.4 Å². The maximum Gasteiger partial charge on any atom is 0.266 e. The highest BCUT2D eigenvalue weighted by molar-refractivity contribution is 7.92. The zero-order chi connectivity index (χ0) is 34.6. The molecule has 10 nitrogen and oxygen atoms in total. The molecule has 0 radical (unpaired) electrons. The third kappa shape index (κ3) is 7.88. The highest BCUT2D eigenvalue weighted by atomic mass is 35.5. The number of amides is 1. The van der Waals surface area contributed by atoms with Crippen molar-refractivity contribution >= 4 is 50.6 Å². The second kappa shape index (κ2) is 14.6. The van der Waals surface area contributed by atoms with E-state index in [0.717, 1.165) is 11.1 Å². The number of hydrogen-bond donors (Lipinski definition) is 3. The van der Waals surface area contributed by atoms with Crippen LogP contribution in [0.3, 0.4) is 0 Å². The second-order valence-electron chi connectivity index (χ2n) is 11.0. The lowest BCUT2D eigenvalue weighted by molar-refractivity contribution is -0.128. The number of benzene rings is 4. The first kappa shape index (κ1) is 34.6.